The lowest BCUT2D eigenvalue weighted by Crippen LogP contribution is -2.38. The number of hydrogen-bond acceptors (Lipinski definition) is 4. The number of aryl methyl sites for hydroxylation is 1. The minimum absolute atomic E-state index is 0.226. The highest BCUT2D eigenvalue weighted by molar-refractivity contribution is 7.89. The zero-order chi connectivity index (χ0) is 14.1. The van der Waals surface area contributed by atoms with Crippen molar-refractivity contribution < 1.29 is 13.5 Å². The number of nitrogens with zero attached hydrogens (tertiary/aromatic N) is 1. The summed E-state index contributed by atoms with van der Waals surface area (Å²) in [5, 5.41) is 9.08. The van der Waals surface area contributed by atoms with Crippen LogP contribution in [0, 0.1) is 13.8 Å². The van der Waals surface area contributed by atoms with Crippen LogP contribution in [0.25, 0.3) is 0 Å². The Hall–Kier alpha value is -1.11. The molecule has 0 amide bonds. The van der Waals surface area contributed by atoms with Gasteiger partial charge < -0.3 is 10.8 Å². The molecule has 3 N–H and O–H groups in total. The predicted molar refractivity (Wildman–Crippen MR) is 71.8 cm³/mol. The second-order valence-corrected chi connectivity index (χ2v) is 6.41. The van der Waals surface area contributed by atoms with Crippen molar-refractivity contribution in [1.29, 1.82) is 0 Å². The SMILES string of the molecule is Cc1ccc(N)c(C)c1S(=O)(=O)N(C)C(C)CO. The van der Waals surface area contributed by atoms with Crippen molar-refractivity contribution >= 4 is 15.7 Å². The fraction of sp³-hybridized carbons (Fsp3) is 0.500. The molecule has 102 valence electrons. The monoisotopic (exact) mass is 272 g/mol. The Labute approximate surface area is 108 Å². The van der Waals surface area contributed by atoms with E-state index in [0.717, 1.165) is 0 Å². The topological polar surface area (TPSA) is 83.6 Å². The molecular formula is C12H20N2O3S. The lowest BCUT2D eigenvalue weighted by Gasteiger charge is -2.24. The summed E-state index contributed by atoms with van der Waals surface area (Å²) in [5.74, 6) is 0. The van der Waals surface area contributed by atoms with Gasteiger partial charge in [-0.25, -0.2) is 8.42 Å². The van der Waals surface area contributed by atoms with Crippen molar-refractivity contribution in [1.82, 2.24) is 4.31 Å². The lowest BCUT2D eigenvalue weighted by atomic mass is 10.1. The van der Waals surface area contributed by atoms with Crippen LogP contribution in [-0.2, 0) is 10.0 Å². The standard InChI is InChI=1S/C12H20N2O3S/c1-8-5-6-11(13)10(3)12(8)18(16,17)14(4)9(2)7-15/h5-6,9,15H,7,13H2,1-4H3. The average Bonchev–Trinajstić information content (AvgIpc) is 2.32. The summed E-state index contributed by atoms with van der Waals surface area (Å²) in [6.07, 6.45) is 0. The van der Waals surface area contributed by atoms with Gasteiger partial charge in [0.25, 0.3) is 0 Å². The van der Waals surface area contributed by atoms with Gasteiger partial charge >= 0.3 is 0 Å². The Morgan fingerprint density at radius 1 is 1.39 bits per heavy atom. The van der Waals surface area contributed by atoms with Gasteiger partial charge in [-0.1, -0.05) is 6.07 Å². The van der Waals surface area contributed by atoms with Crippen LogP contribution in [0.2, 0.25) is 0 Å². The molecule has 1 atom stereocenters. The molecule has 0 aliphatic carbocycles. The summed E-state index contributed by atoms with van der Waals surface area (Å²) in [4.78, 5) is 0.227. The molecule has 0 aliphatic heterocycles. The molecule has 0 aliphatic rings. The van der Waals surface area contributed by atoms with Crippen LogP contribution in [0.1, 0.15) is 18.1 Å². The van der Waals surface area contributed by atoms with Crippen LogP contribution in [0.4, 0.5) is 5.69 Å². The minimum Gasteiger partial charge on any atom is -0.398 e. The molecule has 1 rings (SSSR count). The van der Waals surface area contributed by atoms with E-state index in [2.05, 4.69) is 0 Å². The zero-order valence-electron chi connectivity index (χ0n) is 11.1. The third kappa shape index (κ3) is 2.50. The molecule has 0 saturated carbocycles. The number of aliphatic hydroxyl groups excluding tert-OH is 1. The average molecular weight is 272 g/mol. The van der Waals surface area contributed by atoms with E-state index in [1.165, 1.54) is 11.4 Å². The highest BCUT2D eigenvalue weighted by Crippen LogP contribution is 2.27. The molecule has 0 spiro atoms. The van der Waals surface area contributed by atoms with Gasteiger partial charge in [0.15, 0.2) is 0 Å². The first-order valence-electron chi connectivity index (χ1n) is 5.68. The first kappa shape index (κ1) is 14.9. The normalized spacial score (nSPS) is 13.9. The molecule has 1 aromatic carbocycles. The Kier molecular flexibility index (Phi) is 4.37. The summed E-state index contributed by atoms with van der Waals surface area (Å²) in [5.41, 5.74) is 7.41. The van der Waals surface area contributed by atoms with Gasteiger partial charge in [0.1, 0.15) is 0 Å². The van der Waals surface area contributed by atoms with Gasteiger partial charge in [-0.3, -0.25) is 0 Å². The maximum atomic E-state index is 12.5. The van der Waals surface area contributed by atoms with Crippen LogP contribution in [0.5, 0.6) is 0 Å². The molecule has 0 heterocycles. The molecule has 0 aromatic heterocycles. The van der Waals surface area contributed by atoms with E-state index in [9.17, 15) is 8.42 Å². The maximum absolute atomic E-state index is 12.5. The van der Waals surface area contributed by atoms with E-state index in [1.54, 1.807) is 32.9 Å². The fourth-order valence-corrected chi connectivity index (χ4v) is 3.54. The van der Waals surface area contributed by atoms with E-state index < -0.39 is 16.1 Å². The van der Waals surface area contributed by atoms with E-state index in [-0.39, 0.29) is 11.5 Å². The first-order chi connectivity index (χ1) is 8.23. The van der Waals surface area contributed by atoms with Crippen LogP contribution < -0.4 is 5.73 Å². The van der Waals surface area contributed by atoms with Crippen LogP contribution in [0.15, 0.2) is 17.0 Å². The summed E-state index contributed by atoms with van der Waals surface area (Å²) in [7, 11) is -2.18. The highest BCUT2D eigenvalue weighted by Gasteiger charge is 2.28. The van der Waals surface area contributed by atoms with Gasteiger partial charge in [0, 0.05) is 18.8 Å². The predicted octanol–water partition coefficient (Wildman–Crippen LogP) is 0.887. The second-order valence-electron chi connectivity index (χ2n) is 4.48. The fourth-order valence-electron chi connectivity index (χ4n) is 1.74. The first-order valence-corrected chi connectivity index (χ1v) is 7.12. The molecule has 1 aromatic rings. The zero-order valence-corrected chi connectivity index (χ0v) is 12.0. The maximum Gasteiger partial charge on any atom is 0.243 e. The van der Waals surface area contributed by atoms with Gasteiger partial charge in [0.2, 0.25) is 10.0 Å². The Bertz CT molecular complexity index is 540. The second kappa shape index (κ2) is 5.26. The number of rotatable bonds is 4. The Morgan fingerprint density at radius 2 is 1.94 bits per heavy atom. The number of likely N-dealkylation sites (N-methyl/N-ethyl adjacent to an activating group) is 1. The summed E-state index contributed by atoms with van der Waals surface area (Å²) < 4.78 is 26.1. The third-order valence-electron chi connectivity index (χ3n) is 3.17. The molecule has 0 saturated heterocycles. The van der Waals surface area contributed by atoms with Gasteiger partial charge in [0.05, 0.1) is 11.5 Å². The number of nitrogens with two attached hydrogens (primary N) is 1. The molecule has 0 bridgehead atoms. The van der Waals surface area contributed by atoms with Crippen LogP contribution in [-0.4, -0.2) is 37.5 Å². The van der Waals surface area contributed by atoms with E-state index in [4.69, 9.17) is 10.8 Å². The lowest BCUT2D eigenvalue weighted by molar-refractivity contribution is 0.213. The van der Waals surface area contributed by atoms with Crippen molar-refractivity contribution in [3.8, 4) is 0 Å². The highest BCUT2D eigenvalue weighted by atomic mass is 32.2. The van der Waals surface area contributed by atoms with Crippen molar-refractivity contribution in [3.05, 3.63) is 23.3 Å². The van der Waals surface area contributed by atoms with Gasteiger partial charge in [-0.05, 0) is 38.0 Å². The van der Waals surface area contributed by atoms with Crippen LogP contribution >= 0.6 is 0 Å². The smallest absolute Gasteiger partial charge is 0.243 e. The number of benzene rings is 1. The largest absolute Gasteiger partial charge is 0.398 e. The Morgan fingerprint density at radius 3 is 2.44 bits per heavy atom. The van der Waals surface area contributed by atoms with Gasteiger partial charge in [-0.15, -0.1) is 0 Å². The molecule has 1 unspecified atom stereocenters. The quantitative estimate of drug-likeness (QED) is 0.797. The molecule has 5 nitrogen and oxygen atoms in total. The molecule has 6 heteroatoms. The number of sulfonamides is 1. The number of anilines is 1. The summed E-state index contributed by atoms with van der Waals surface area (Å²) >= 11 is 0. The summed E-state index contributed by atoms with van der Waals surface area (Å²) in [6, 6.07) is 2.90. The molecule has 18 heavy (non-hydrogen) atoms. The number of hydrogen-bond donors (Lipinski definition) is 2. The molecular weight excluding hydrogens is 252 g/mol. The molecule has 0 fully saturated rings. The Balaban J connectivity index is 3.42. The van der Waals surface area contributed by atoms with Crippen molar-refractivity contribution in [2.24, 2.45) is 0 Å². The van der Waals surface area contributed by atoms with Gasteiger partial charge in [-0.2, -0.15) is 4.31 Å². The minimum atomic E-state index is -3.64. The third-order valence-corrected chi connectivity index (χ3v) is 5.43. The van der Waals surface area contributed by atoms with E-state index in [1.807, 2.05) is 0 Å². The van der Waals surface area contributed by atoms with Crippen molar-refractivity contribution in [3.63, 3.8) is 0 Å². The number of nitrogen functional groups attached to an aromatic ring is 1. The van der Waals surface area contributed by atoms with E-state index >= 15 is 0 Å². The molecule has 0 radical (unpaired) electrons. The number of aliphatic hydroxyl groups is 1. The van der Waals surface area contributed by atoms with Crippen molar-refractivity contribution in [2.45, 2.75) is 31.7 Å². The van der Waals surface area contributed by atoms with Crippen LogP contribution in [0.3, 0.4) is 0 Å². The summed E-state index contributed by atoms with van der Waals surface area (Å²) in [6.45, 7) is 4.84. The van der Waals surface area contributed by atoms with Crippen molar-refractivity contribution in [2.75, 3.05) is 19.4 Å². The van der Waals surface area contributed by atoms with E-state index in [0.29, 0.717) is 16.8 Å².